The zero-order chi connectivity index (χ0) is 11.6. The van der Waals surface area contributed by atoms with E-state index in [4.69, 9.17) is 5.73 Å². The quantitative estimate of drug-likeness (QED) is 0.669. The van der Waals surface area contributed by atoms with Crippen molar-refractivity contribution < 1.29 is 18.0 Å². The number of benzene rings is 1. The van der Waals surface area contributed by atoms with E-state index in [2.05, 4.69) is 0 Å². The Morgan fingerprint density at radius 2 is 2.00 bits per heavy atom. The molecular weight excluding hydrogens is 322 g/mol. The molecule has 1 rings (SSSR count). The molecule has 82 valence electrons. The standard InChI is InChI=1S/C9H7F3INO/c10-9(11,12)6-3-5(8(15)4-14)1-2-7(6)13/h1-3H,4,14H2. The Morgan fingerprint density at radius 1 is 1.40 bits per heavy atom. The van der Waals surface area contributed by atoms with Gasteiger partial charge < -0.3 is 5.73 Å². The van der Waals surface area contributed by atoms with Gasteiger partial charge in [0, 0.05) is 9.13 Å². The molecule has 6 heteroatoms. The molecule has 0 spiro atoms. The molecule has 0 fully saturated rings. The highest BCUT2D eigenvalue weighted by molar-refractivity contribution is 14.1. The molecule has 1 aromatic carbocycles. The molecule has 0 aromatic heterocycles. The van der Waals surface area contributed by atoms with Crippen LogP contribution in [-0.4, -0.2) is 12.3 Å². The molecule has 0 heterocycles. The summed E-state index contributed by atoms with van der Waals surface area (Å²) < 4.78 is 37.4. The molecule has 0 saturated heterocycles. The number of nitrogens with two attached hydrogens (primary N) is 1. The van der Waals surface area contributed by atoms with Crippen LogP contribution in [0.2, 0.25) is 0 Å². The van der Waals surface area contributed by atoms with E-state index in [1.54, 1.807) is 22.6 Å². The van der Waals surface area contributed by atoms with E-state index in [0.717, 1.165) is 6.07 Å². The van der Waals surface area contributed by atoms with Crippen LogP contribution in [0.4, 0.5) is 13.2 Å². The third-order valence-electron chi connectivity index (χ3n) is 1.78. The van der Waals surface area contributed by atoms with Gasteiger partial charge in [-0.3, -0.25) is 4.79 Å². The van der Waals surface area contributed by atoms with Crippen LogP contribution in [0, 0.1) is 3.57 Å². The molecule has 15 heavy (non-hydrogen) atoms. The van der Waals surface area contributed by atoms with Gasteiger partial charge in [-0.15, -0.1) is 0 Å². The maximum Gasteiger partial charge on any atom is 0.417 e. The number of hydrogen-bond donors (Lipinski definition) is 1. The summed E-state index contributed by atoms with van der Waals surface area (Å²) in [6.45, 7) is -0.294. The Balaban J connectivity index is 3.23. The first-order valence-corrected chi connectivity index (χ1v) is 5.04. The molecule has 0 saturated carbocycles. The number of rotatable bonds is 2. The number of Topliss-reactive ketones (excluding diaryl/α,β-unsaturated/α-hetero) is 1. The zero-order valence-corrected chi connectivity index (χ0v) is 9.59. The van der Waals surface area contributed by atoms with E-state index in [9.17, 15) is 18.0 Å². The topological polar surface area (TPSA) is 43.1 Å². The molecule has 0 unspecified atom stereocenters. The monoisotopic (exact) mass is 329 g/mol. The largest absolute Gasteiger partial charge is 0.417 e. The van der Waals surface area contributed by atoms with Gasteiger partial charge in [0.2, 0.25) is 0 Å². The number of alkyl halides is 3. The number of halogens is 4. The Kier molecular flexibility index (Phi) is 3.72. The molecule has 2 nitrogen and oxygen atoms in total. The second-order valence-electron chi connectivity index (χ2n) is 2.82. The van der Waals surface area contributed by atoms with Crippen LogP contribution < -0.4 is 5.73 Å². The highest BCUT2D eigenvalue weighted by atomic mass is 127. The molecule has 0 aliphatic carbocycles. The summed E-state index contributed by atoms with van der Waals surface area (Å²) in [7, 11) is 0. The Bertz CT molecular complexity index is 389. The minimum Gasteiger partial charge on any atom is -0.324 e. The van der Waals surface area contributed by atoms with Crippen molar-refractivity contribution in [1.29, 1.82) is 0 Å². The van der Waals surface area contributed by atoms with Crippen LogP contribution in [-0.2, 0) is 6.18 Å². The summed E-state index contributed by atoms with van der Waals surface area (Å²) >= 11 is 1.58. The fraction of sp³-hybridized carbons (Fsp3) is 0.222. The van der Waals surface area contributed by atoms with Gasteiger partial charge in [0.15, 0.2) is 5.78 Å². The summed E-state index contributed by atoms with van der Waals surface area (Å²) in [6, 6.07) is 3.43. The van der Waals surface area contributed by atoms with Gasteiger partial charge in [-0.25, -0.2) is 0 Å². The van der Waals surface area contributed by atoms with Crippen molar-refractivity contribution >= 4 is 28.4 Å². The third-order valence-corrected chi connectivity index (χ3v) is 2.72. The van der Waals surface area contributed by atoms with E-state index in [1.165, 1.54) is 12.1 Å². The summed E-state index contributed by atoms with van der Waals surface area (Å²) in [5, 5.41) is 0. The molecular formula is C9H7F3INO. The maximum atomic E-state index is 12.4. The highest BCUT2D eigenvalue weighted by Crippen LogP contribution is 2.33. The van der Waals surface area contributed by atoms with Gasteiger partial charge in [0.05, 0.1) is 12.1 Å². The van der Waals surface area contributed by atoms with Crippen molar-refractivity contribution in [1.82, 2.24) is 0 Å². The average Bonchev–Trinajstić information content (AvgIpc) is 2.15. The zero-order valence-electron chi connectivity index (χ0n) is 7.44. The Morgan fingerprint density at radius 3 is 2.47 bits per heavy atom. The predicted molar refractivity (Wildman–Crippen MR) is 57.5 cm³/mol. The lowest BCUT2D eigenvalue weighted by Gasteiger charge is -2.10. The SMILES string of the molecule is NCC(=O)c1ccc(I)c(C(F)(F)F)c1. The van der Waals surface area contributed by atoms with E-state index in [-0.39, 0.29) is 15.7 Å². The van der Waals surface area contributed by atoms with Crippen molar-refractivity contribution in [2.45, 2.75) is 6.18 Å². The lowest BCUT2D eigenvalue weighted by Crippen LogP contribution is -2.15. The minimum absolute atomic E-state index is 0.00904. The van der Waals surface area contributed by atoms with Crippen molar-refractivity contribution in [3.63, 3.8) is 0 Å². The lowest BCUT2D eigenvalue weighted by molar-refractivity contribution is -0.138. The van der Waals surface area contributed by atoms with Crippen LogP contribution in [0.3, 0.4) is 0 Å². The van der Waals surface area contributed by atoms with E-state index < -0.39 is 17.5 Å². The van der Waals surface area contributed by atoms with Gasteiger partial charge >= 0.3 is 6.18 Å². The van der Waals surface area contributed by atoms with Crippen LogP contribution >= 0.6 is 22.6 Å². The molecule has 1 aromatic rings. The van der Waals surface area contributed by atoms with Crippen LogP contribution in [0.25, 0.3) is 0 Å². The number of ketones is 1. The molecule has 0 bridgehead atoms. The first-order chi connectivity index (χ1) is 6.86. The van der Waals surface area contributed by atoms with E-state index in [0.29, 0.717) is 0 Å². The smallest absolute Gasteiger partial charge is 0.324 e. The first kappa shape index (κ1) is 12.4. The van der Waals surface area contributed by atoms with Gasteiger partial charge in [-0.05, 0) is 34.7 Å². The van der Waals surface area contributed by atoms with Crippen LogP contribution in [0.15, 0.2) is 18.2 Å². The second kappa shape index (κ2) is 4.48. The molecule has 0 radical (unpaired) electrons. The summed E-state index contributed by atoms with van der Waals surface area (Å²) in [5.41, 5.74) is 4.26. The molecule has 0 aliphatic rings. The summed E-state index contributed by atoms with van der Waals surface area (Å²) in [5.74, 6) is -0.503. The van der Waals surface area contributed by atoms with Crippen LogP contribution in [0.5, 0.6) is 0 Å². The Labute approximate surface area is 97.8 Å². The van der Waals surface area contributed by atoms with Crippen molar-refractivity contribution in [3.05, 3.63) is 32.9 Å². The highest BCUT2D eigenvalue weighted by Gasteiger charge is 2.33. The predicted octanol–water partition coefficient (Wildman–Crippen LogP) is 2.45. The minimum atomic E-state index is -4.44. The fourth-order valence-electron chi connectivity index (χ4n) is 1.03. The van der Waals surface area contributed by atoms with Crippen molar-refractivity contribution in [2.24, 2.45) is 5.73 Å². The molecule has 2 N–H and O–H groups in total. The number of carbonyl (C=O) groups is 1. The van der Waals surface area contributed by atoms with E-state index in [1.807, 2.05) is 0 Å². The van der Waals surface area contributed by atoms with Crippen LogP contribution in [0.1, 0.15) is 15.9 Å². The number of hydrogen-bond acceptors (Lipinski definition) is 2. The Hall–Kier alpha value is -0.630. The van der Waals surface area contributed by atoms with Gasteiger partial charge in [0.25, 0.3) is 0 Å². The maximum absolute atomic E-state index is 12.4. The van der Waals surface area contributed by atoms with Crippen molar-refractivity contribution in [2.75, 3.05) is 6.54 Å². The second-order valence-corrected chi connectivity index (χ2v) is 3.98. The number of carbonyl (C=O) groups excluding carboxylic acids is 1. The lowest BCUT2D eigenvalue weighted by atomic mass is 10.1. The van der Waals surface area contributed by atoms with E-state index >= 15 is 0 Å². The molecule has 0 atom stereocenters. The van der Waals surface area contributed by atoms with Gasteiger partial charge in [-0.1, -0.05) is 6.07 Å². The summed E-state index contributed by atoms with van der Waals surface area (Å²) in [6.07, 6.45) is -4.44. The molecule has 0 amide bonds. The first-order valence-electron chi connectivity index (χ1n) is 3.96. The van der Waals surface area contributed by atoms with Crippen molar-refractivity contribution in [3.8, 4) is 0 Å². The average molecular weight is 329 g/mol. The molecule has 0 aliphatic heterocycles. The van der Waals surface area contributed by atoms with Gasteiger partial charge in [-0.2, -0.15) is 13.2 Å². The summed E-state index contributed by atoms with van der Waals surface area (Å²) in [4.78, 5) is 11.1. The fourth-order valence-corrected chi connectivity index (χ4v) is 1.68. The normalized spacial score (nSPS) is 11.5. The third kappa shape index (κ3) is 2.91. The van der Waals surface area contributed by atoms with Gasteiger partial charge in [0.1, 0.15) is 0 Å².